The largest absolute Gasteiger partial charge is 0.476 e. The van der Waals surface area contributed by atoms with Gasteiger partial charge in [-0.15, -0.1) is 11.3 Å². The first-order valence-electron chi connectivity index (χ1n) is 13.5. The molecule has 12 heteroatoms. The van der Waals surface area contributed by atoms with Gasteiger partial charge in [0.05, 0.1) is 16.3 Å². The van der Waals surface area contributed by atoms with E-state index in [2.05, 4.69) is 4.98 Å². The molecule has 3 aromatic carbocycles. The van der Waals surface area contributed by atoms with Gasteiger partial charge in [-0.05, 0) is 73.1 Å². The molecule has 1 aliphatic rings. The van der Waals surface area contributed by atoms with E-state index < -0.39 is 27.6 Å². The molecule has 0 unspecified atom stereocenters. The third-order valence-electron chi connectivity index (χ3n) is 7.54. The number of aromatic carboxylic acids is 1. The van der Waals surface area contributed by atoms with Gasteiger partial charge in [0, 0.05) is 28.5 Å². The van der Waals surface area contributed by atoms with Crippen molar-refractivity contribution in [3.63, 3.8) is 0 Å². The van der Waals surface area contributed by atoms with Crippen molar-refractivity contribution in [1.82, 2.24) is 14.8 Å². The minimum absolute atomic E-state index is 0.0444. The minimum atomic E-state index is -4.11. The molecule has 8 nitrogen and oxygen atoms in total. The second kappa shape index (κ2) is 11.1. The Kier molecular flexibility index (Phi) is 7.45. The number of nitrogens with zero attached hydrogens (tertiary/aromatic N) is 3. The van der Waals surface area contributed by atoms with Gasteiger partial charge in [-0.1, -0.05) is 36.4 Å². The summed E-state index contributed by atoms with van der Waals surface area (Å²) in [7, 11) is -4.11. The number of aryl methyl sites for hydroxylation is 1. The maximum absolute atomic E-state index is 15.4. The van der Waals surface area contributed by atoms with Crippen LogP contribution >= 0.6 is 11.3 Å². The number of primary sulfonamides is 1. The molecule has 1 fully saturated rings. The second-order valence-electron chi connectivity index (χ2n) is 10.6. The van der Waals surface area contributed by atoms with Crippen molar-refractivity contribution >= 4 is 27.3 Å². The summed E-state index contributed by atoms with van der Waals surface area (Å²) in [4.78, 5) is 15.6. The molecule has 0 bridgehead atoms. The van der Waals surface area contributed by atoms with Crippen LogP contribution in [-0.4, -0.2) is 34.3 Å². The fourth-order valence-electron chi connectivity index (χ4n) is 5.12. The fourth-order valence-corrected chi connectivity index (χ4v) is 6.41. The van der Waals surface area contributed by atoms with E-state index in [9.17, 15) is 18.3 Å². The quantitative estimate of drug-likeness (QED) is 0.204. The lowest BCUT2D eigenvalue weighted by molar-refractivity contribution is 0.0691. The average molecular weight is 621 g/mol. The van der Waals surface area contributed by atoms with Crippen molar-refractivity contribution in [1.29, 1.82) is 0 Å². The van der Waals surface area contributed by atoms with Gasteiger partial charge in [0.15, 0.2) is 5.69 Å². The lowest BCUT2D eigenvalue weighted by Gasteiger charge is -2.13. The van der Waals surface area contributed by atoms with Crippen molar-refractivity contribution < 1.29 is 27.1 Å². The van der Waals surface area contributed by atoms with Crippen molar-refractivity contribution in [3.05, 3.63) is 106 Å². The van der Waals surface area contributed by atoms with E-state index in [1.807, 2.05) is 18.2 Å². The lowest BCUT2D eigenvalue weighted by atomic mass is 9.92. The van der Waals surface area contributed by atoms with Gasteiger partial charge in [0.1, 0.15) is 11.6 Å². The molecule has 220 valence electrons. The summed E-state index contributed by atoms with van der Waals surface area (Å²) < 4.78 is 55.9. The van der Waals surface area contributed by atoms with E-state index in [0.717, 1.165) is 35.9 Å². The van der Waals surface area contributed by atoms with Crippen LogP contribution in [-0.2, 0) is 22.9 Å². The Morgan fingerprint density at radius 3 is 2.44 bits per heavy atom. The van der Waals surface area contributed by atoms with E-state index >= 15 is 8.78 Å². The molecule has 43 heavy (non-hydrogen) atoms. The highest BCUT2D eigenvalue weighted by Crippen LogP contribution is 2.40. The van der Waals surface area contributed by atoms with Gasteiger partial charge >= 0.3 is 5.97 Å². The first kappa shape index (κ1) is 28.8. The molecule has 0 amide bonds. The Hall–Kier alpha value is -4.26. The molecular weight excluding hydrogens is 594 g/mol. The summed E-state index contributed by atoms with van der Waals surface area (Å²) >= 11 is 1.12. The highest BCUT2D eigenvalue weighted by atomic mass is 32.2. The van der Waals surface area contributed by atoms with E-state index in [0.29, 0.717) is 51.0 Å². The van der Waals surface area contributed by atoms with Gasteiger partial charge in [-0.25, -0.2) is 36.8 Å². The Labute approximate surface area is 250 Å². The number of hydrogen-bond acceptors (Lipinski definition) is 6. The Bertz CT molecular complexity index is 1980. The zero-order chi connectivity index (χ0) is 30.5. The maximum atomic E-state index is 15.4. The number of benzene rings is 3. The van der Waals surface area contributed by atoms with Crippen molar-refractivity contribution in [2.45, 2.75) is 37.5 Å². The van der Waals surface area contributed by atoms with Crippen LogP contribution in [0.3, 0.4) is 0 Å². The molecule has 0 spiro atoms. The lowest BCUT2D eigenvalue weighted by Crippen LogP contribution is -2.13. The Morgan fingerprint density at radius 2 is 1.81 bits per heavy atom. The van der Waals surface area contributed by atoms with E-state index in [4.69, 9.17) is 10.2 Å². The summed E-state index contributed by atoms with van der Waals surface area (Å²) in [5.41, 5.74) is 4.27. The third-order valence-corrected chi connectivity index (χ3v) is 9.26. The molecule has 6 rings (SSSR count). The van der Waals surface area contributed by atoms with Crippen molar-refractivity contribution in [2.24, 2.45) is 11.1 Å². The maximum Gasteiger partial charge on any atom is 0.355 e. The Morgan fingerprint density at radius 1 is 1.07 bits per heavy atom. The third kappa shape index (κ3) is 5.85. The molecule has 0 atom stereocenters. The predicted octanol–water partition coefficient (Wildman–Crippen LogP) is 6.14. The van der Waals surface area contributed by atoms with Crippen LogP contribution in [0.25, 0.3) is 27.5 Å². The molecule has 2 heterocycles. The number of carboxylic acid groups (broad SMARTS) is 1. The molecule has 0 radical (unpaired) electrons. The molecule has 0 saturated heterocycles. The Balaban J connectivity index is 1.58. The molecule has 2 aromatic heterocycles. The zero-order valence-corrected chi connectivity index (χ0v) is 24.6. The van der Waals surface area contributed by atoms with Crippen LogP contribution in [0.2, 0.25) is 0 Å². The van der Waals surface area contributed by atoms with Crippen LogP contribution in [0.1, 0.15) is 45.7 Å². The van der Waals surface area contributed by atoms with Gasteiger partial charge in [-0.2, -0.15) is 5.10 Å². The number of sulfonamides is 1. The van der Waals surface area contributed by atoms with Crippen LogP contribution in [0, 0.1) is 24.5 Å². The summed E-state index contributed by atoms with van der Waals surface area (Å²) in [5.74, 6) is -1.95. The molecule has 1 saturated carbocycles. The van der Waals surface area contributed by atoms with E-state index in [1.165, 1.54) is 23.6 Å². The number of aromatic nitrogens is 3. The number of hydrogen-bond donors (Lipinski definition) is 2. The molecule has 0 aliphatic heterocycles. The number of nitrogens with two attached hydrogens (primary N) is 1. The SMILES string of the molecule is Cc1cc(F)c(-c2ccccc2)cc1-c1nn(-c2nc(C(=O)O)cs2)c(CC2CC2)c1Cc1ccc(S(N)(=O)=O)cc1F. The van der Waals surface area contributed by atoms with Crippen molar-refractivity contribution in [3.8, 4) is 27.5 Å². The number of carbonyl (C=O) groups is 1. The van der Waals surface area contributed by atoms with Gasteiger partial charge in [0.2, 0.25) is 15.2 Å². The smallest absolute Gasteiger partial charge is 0.355 e. The molecule has 5 aromatic rings. The first-order valence-corrected chi connectivity index (χ1v) is 15.9. The summed E-state index contributed by atoms with van der Waals surface area (Å²) in [6.45, 7) is 1.77. The van der Waals surface area contributed by atoms with Crippen LogP contribution in [0.5, 0.6) is 0 Å². The normalized spacial score (nSPS) is 13.4. The van der Waals surface area contributed by atoms with Gasteiger partial charge in [0.25, 0.3) is 0 Å². The summed E-state index contributed by atoms with van der Waals surface area (Å²) in [5, 5.41) is 21.4. The number of rotatable bonds is 9. The van der Waals surface area contributed by atoms with E-state index in [-0.39, 0.29) is 22.6 Å². The molecular formula is C31H26F2N4O4S2. The number of halogens is 2. The fraction of sp³-hybridized carbons (Fsp3) is 0.194. The highest BCUT2D eigenvalue weighted by molar-refractivity contribution is 7.89. The highest BCUT2D eigenvalue weighted by Gasteiger charge is 2.30. The van der Waals surface area contributed by atoms with Crippen LogP contribution in [0.4, 0.5) is 8.78 Å². The average Bonchev–Trinajstić information content (AvgIpc) is 3.52. The topological polar surface area (TPSA) is 128 Å². The van der Waals surface area contributed by atoms with Crippen LogP contribution < -0.4 is 5.14 Å². The number of thiazole rings is 1. The summed E-state index contributed by atoms with van der Waals surface area (Å²) in [6.07, 6.45) is 2.64. The van der Waals surface area contributed by atoms with Gasteiger partial charge in [-0.3, -0.25) is 0 Å². The summed E-state index contributed by atoms with van der Waals surface area (Å²) in [6, 6.07) is 15.8. The minimum Gasteiger partial charge on any atom is -0.476 e. The monoisotopic (exact) mass is 620 g/mol. The van der Waals surface area contributed by atoms with Crippen LogP contribution in [0.15, 0.2) is 70.9 Å². The first-order chi connectivity index (χ1) is 20.5. The number of carboxylic acids is 1. The zero-order valence-electron chi connectivity index (χ0n) is 22.9. The van der Waals surface area contributed by atoms with Gasteiger partial charge < -0.3 is 5.11 Å². The van der Waals surface area contributed by atoms with E-state index in [1.54, 1.807) is 29.8 Å². The predicted molar refractivity (Wildman–Crippen MR) is 159 cm³/mol. The standard InChI is InChI=1S/C31H26F2N4O4S2/c1-17-11-26(33)23(19-5-3-2-4-6-19)15-22(17)29-24(13-20-9-10-21(14-25(20)32)43(34,40)41)28(12-18-7-8-18)37(36-29)31-35-27(16-42-31)30(38)39/h2-6,9-11,14-16,18H,7-8,12-13H2,1H3,(H,38,39)(H2,34,40,41). The molecule has 3 N–H and O–H groups in total. The second-order valence-corrected chi connectivity index (χ2v) is 13.0. The van der Waals surface area contributed by atoms with Crippen molar-refractivity contribution in [2.75, 3.05) is 0 Å². The molecule has 1 aliphatic carbocycles.